The molecule has 294 valence electrons. The maximum absolute atomic E-state index is 7.75. The standard InChI is InChI=1S/C58H42N4/c1-59-49-33-34-51-53(38-49)58(35-9-4-10-36-58)52-20-12-19-50(54(51)52)43-27-21-41(22-28-43)47-17-11-18-48(37-47)42-25-31-46(32-26-42)57-61-55(44-15-7-3-8-16-44)60-56(62-57)45-29-23-40(24-30-45)39-13-5-2-6-14-39/h2-3,5-8,11-34,37-38H,4,9-10,35-36H2. The van der Waals surface area contributed by atoms with E-state index >= 15 is 0 Å². The Hall–Kier alpha value is -7.74. The van der Waals surface area contributed by atoms with Gasteiger partial charge in [-0.15, -0.1) is 0 Å². The molecule has 0 atom stereocenters. The predicted octanol–water partition coefficient (Wildman–Crippen LogP) is 15.3. The van der Waals surface area contributed by atoms with Crippen LogP contribution in [-0.4, -0.2) is 15.0 Å². The molecule has 0 radical (unpaired) electrons. The highest BCUT2D eigenvalue weighted by molar-refractivity contribution is 5.94. The van der Waals surface area contributed by atoms with Gasteiger partial charge in [0.15, 0.2) is 23.2 Å². The zero-order valence-corrected chi connectivity index (χ0v) is 34.3. The zero-order valence-electron chi connectivity index (χ0n) is 34.3. The monoisotopic (exact) mass is 794 g/mol. The van der Waals surface area contributed by atoms with Crippen LogP contribution in [0.4, 0.5) is 5.69 Å². The van der Waals surface area contributed by atoms with E-state index in [1.807, 2.05) is 42.5 Å². The van der Waals surface area contributed by atoms with Gasteiger partial charge in [0.1, 0.15) is 0 Å². The van der Waals surface area contributed by atoms with Gasteiger partial charge in [0.25, 0.3) is 0 Å². The fourth-order valence-corrected chi connectivity index (χ4v) is 9.86. The Balaban J connectivity index is 0.884. The van der Waals surface area contributed by atoms with E-state index in [2.05, 4.69) is 157 Å². The van der Waals surface area contributed by atoms with E-state index in [9.17, 15) is 0 Å². The second-order valence-corrected chi connectivity index (χ2v) is 16.6. The van der Waals surface area contributed by atoms with Crippen molar-refractivity contribution in [2.24, 2.45) is 0 Å². The molecular weight excluding hydrogens is 753 g/mol. The Morgan fingerprint density at radius 3 is 1.37 bits per heavy atom. The SMILES string of the molecule is [C-]#[N+]c1ccc2c(c1)C1(CCCCC1)c1cccc(-c3ccc(-c4cccc(-c5ccc(-c6nc(-c7ccccc7)nc(-c7ccc(-c8ccccc8)cc7)n6)cc5)c4)cc3)c1-2. The Labute approximate surface area is 363 Å². The van der Waals surface area contributed by atoms with Gasteiger partial charge in [-0.05, 0) is 85.7 Å². The summed E-state index contributed by atoms with van der Waals surface area (Å²) in [4.78, 5) is 18.8. The number of hydrogen-bond acceptors (Lipinski definition) is 3. The zero-order chi connectivity index (χ0) is 41.5. The van der Waals surface area contributed by atoms with Gasteiger partial charge in [-0.25, -0.2) is 19.8 Å². The van der Waals surface area contributed by atoms with Crippen LogP contribution in [-0.2, 0) is 5.41 Å². The first-order valence-electron chi connectivity index (χ1n) is 21.6. The van der Waals surface area contributed by atoms with Gasteiger partial charge in [-0.2, -0.15) is 0 Å². The Bertz CT molecular complexity index is 3120. The Kier molecular flexibility index (Phi) is 9.44. The number of rotatable bonds is 7. The maximum Gasteiger partial charge on any atom is 0.187 e. The number of hydrogen-bond donors (Lipinski definition) is 0. The molecule has 0 aliphatic heterocycles. The fourth-order valence-electron chi connectivity index (χ4n) is 9.86. The first-order chi connectivity index (χ1) is 30.6. The molecule has 0 bridgehead atoms. The summed E-state index contributed by atoms with van der Waals surface area (Å²) in [7, 11) is 0. The largest absolute Gasteiger partial charge is 0.238 e. The Morgan fingerprint density at radius 1 is 0.355 bits per heavy atom. The van der Waals surface area contributed by atoms with Crippen molar-refractivity contribution in [1.29, 1.82) is 0 Å². The van der Waals surface area contributed by atoms with Crippen LogP contribution in [0.1, 0.15) is 43.2 Å². The summed E-state index contributed by atoms with van der Waals surface area (Å²) in [6.07, 6.45) is 6.03. The summed E-state index contributed by atoms with van der Waals surface area (Å²) in [5.74, 6) is 1.92. The molecule has 62 heavy (non-hydrogen) atoms. The van der Waals surface area contributed by atoms with Crippen LogP contribution in [0.2, 0.25) is 0 Å². The molecule has 1 heterocycles. The molecule has 0 unspecified atom stereocenters. The molecule has 4 nitrogen and oxygen atoms in total. The lowest BCUT2D eigenvalue weighted by molar-refractivity contribution is 0.353. The molecule has 8 aromatic carbocycles. The van der Waals surface area contributed by atoms with Crippen molar-refractivity contribution in [3.63, 3.8) is 0 Å². The lowest BCUT2D eigenvalue weighted by Gasteiger charge is -2.36. The summed E-state index contributed by atoms with van der Waals surface area (Å²) >= 11 is 0. The van der Waals surface area contributed by atoms with Crippen LogP contribution in [0.3, 0.4) is 0 Å². The molecular formula is C58H42N4. The lowest BCUT2D eigenvalue weighted by Crippen LogP contribution is -2.28. The van der Waals surface area contributed by atoms with Gasteiger partial charge in [-0.3, -0.25) is 0 Å². The van der Waals surface area contributed by atoms with Crippen LogP contribution in [0.25, 0.3) is 94.6 Å². The summed E-state index contributed by atoms with van der Waals surface area (Å²) in [5.41, 5.74) is 18.4. The van der Waals surface area contributed by atoms with Crippen LogP contribution in [0.5, 0.6) is 0 Å². The van der Waals surface area contributed by atoms with Crippen LogP contribution in [0.15, 0.2) is 194 Å². The average Bonchev–Trinajstić information content (AvgIpc) is 3.62. The minimum absolute atomic E-state index is 0.00742. The van der Waals surface area contributed by atoms with E-state index < -0.39 is 0 Å². The molecule has 0 saturated heterocycles. The highest BCUT2D eigenvalue weighted by Crippen LogP contribution is 2.58. The molecule has 1 spiro atoms. The van der Waals surface area contributed by atoms with E-state index in [1.54, 1.807) is 0 Å². The van der Waals surface area contributed by atoms with E-state index in [4.69, 9.17) is 21.5 Å². The number of benzene rings is 8. The van der Waals surface area contributed by atoms with E-state index in [0.717, 1.165) is 51.9 Å². The van der Waals surface area contributed by atoms with Crippen LogP contribution in [0, 0.1) is 6.57 Å². The highest BCUT2D eigenvalue weighted by atomic mass is 15.0. The molecule has 11 rings (SSSR count). The smallest absolute Gasteiger partial charge is 0.187 e. The summed E-state index contributed by atoms with van der Waals surface area (Å²) in [6, 6.07) is 68.5. The second-order valence-electron chi connectivity index (χ2n) is 16.6. The summed E-state index contributed by atoms with van der Waals surface area (Å²) in [5, 5.41) is 0. The molecule has 0 N–H and O–H groups in total. The summed E-state index contributed by atoms with van der Waals surface area (Å²) < 4.78 is 0. The number of nitrogens with zero attached hydrogens (tertiary/aromatic N) is 4. The Morgan fingerprint density at radius 2 is 0.806 bits per heavy atom. The lowest BCUT2D eigenvalue weighted by atomic mass is 9.67. The van der Waals surface area contributed by atoms with E-state index in [1.165, 1.54) is 69.3 Å². The topological polar surface area (TPSA) is 43.0 Å². The summed E-state index contributed by atoms with van der Waals surface area (Å²) in [6.45, 7) is 7.75. The number of aromatic nitrogens is 3. The van der Waals surface area contributed by atoms with Gasteiger partial charge in [0.2, 0.25) is 0 Å². The van der Waals surface area contributed by atoms with Crippen molar-refractivity contribution in [2.75, 3.05) is 0 Å². The number of fused-ring (bicyclic) bond motifs is 5. The molecule has 1 saturated carbocycles. The van der Waals surface area contributed by atoms with Crippen molar-refractivity contribution in [1.82, 2.24) is 15.0 Å². The normalized spacial score (nSPS) is 13.6. The quantitative estimate of drug-likeness (QED) is 0.151. The minimum Gasteiger partial charge on any atom is -0.238 e. The van der Waals surface area contributed by atoms with Gasteiger partial charge in [0.05, 0.1) is 6.57 Å². The van der Waals surface area contributed by atoms with Crippen molar-refractivity contribution in [3.8, 4) is 89.8 Å². The highest BCUT2D eigenvalue weighted by Gasteiger charge is 2.44. The predicted molar refractivity (Wildman–Crippen MR) is 253 cm³/mol. The van der Waals surface area contributed by atoms with Gasteiger partial charge in [-0.1, -0.05) is 207 Å². The third-order valence-corrected chi connectivity index (χ3v) is 13.0. The molecule has 4 heteroatoms. The van der Waals surface area contributed by atoms with E-state index in [0.29, 0.717) is 17.5 Å². The first-order valence-corrected chi connectivity index (χ1v) is 21.6. The minimum atomic E-state index is 0.00742. The fraction of sp³-hybridized carbons (Fsp3) is 0.103. The molecule has 2 aliphatic carbocycles. The molecule has 1 fully saturated rings. The van der Waals surface area contributed by atoms with Crippen molar-refractivity contribution in [3.05, 3.63) is 217 Å². The van der Waals surface area contributed by atoms with Crippen molar-refractivity contribution in [2.45, 2.75) is 37.5 Å². The molecule has 1 aromatic heterocycles. The van der Waals surface area contributed by atoms with Crippen LogP contribution >= 0.6 is 0 Å². The first kappa shape index (κ1) is 37.3. The van der Waals surface area contributed by atoms with Gasteiger partial charge >= 0.3 is 0 Å². The molecule has 0 amide bonds. The average molecular weight is 795 g/mol. The van der Waals surface area contributed by atoms with Crippen LogP contribution < -0.4 is 0 Å². The van der Waals surface area contributed by atoms with Crippen molar-refractivity contribution < 1.29 is 0 Å². The second kappa shape index (κ2) is 15.7. The molecule has 2 aliphatic rings. The third kappa shape index (κ3) is 6.69. The van der Waals surface area contributed by atoms with Gasteiger partial charge < -0.3 is 0 Å². The third-order valence-electron chi connectivity index (χ3n) is 13.0. The van der Waals surface area contributed by atoms with E-state index in [-0.39, 0.29) is 5.41 Å². The maximum atomic E-state index is 7.75. The van der Waals surface area contributed by atoms with Crippen molar-refractivity contribution >= 4 is 5.69 Å². The van der Waals surface area contributed by atoms with Gasteiger partial charge in [0, 0.05) is 22.1 Å². The molecule has 9 aromatic rings.